The van der Waals surface area contributed by atoms with Gasteiger partial charge in [0.05, 0.1) is 0 Å². The molecule has 2 rings (SSSR count). The smallest absolute Gasteiger partial charge is 0.128 e. The molecule has 2 N–H and O–H groups in total. The Morgan fingerprint density at radius 1 is 1.11 bits per heavy atom. The van der Waals surface area contributed by atoms with E-state index >= 15 is 0 Å². The van der Waals surface area contributed by atoms with Gasteiger partial charge in [0.2, 0.25) is 0 Å². The Morgan fingerprint density at radius 2 is 1.78 bits per heavy atom. The number of phenols is 1. The van der Waals surface area contributed by atoms with Gasteiger partial charge in [-0.25, -0.2) is 0 Å². The van der Waals surface area contributed by atoms with Gasteiger partial charge in [0.15, 0.2) is 0 Å². The molecule has 0 spiro atoms. The maximum atomic E-state index is 10.00. The zero-order valence-electron chi connectivity index (χ0n) is 9.76. The van der Waals surface area contributed by atoms with Crippen LogP contribution in [0.2, 0.25) is 5.02 Å². The first kappa shape index (κ1) is 12.5. The molecule has 2 aromatic carbocycles. The summed E-state index contributed by atoms with van der Waals surface area (Å²) in [7, 11) is 0. The molecule has 18 heavy (non-hydrogen) atoms. The molecule has 3 nitrogen and oxygen atoms in total. The summed E-state index contributed by atoms with van der Waals surface area (Å²) in [6.07, 6.45) is 0. The number of oxime groups is 1. The van der Waals surface area contributed by atoms with Crippen molar-refractivity contribution >= 4 is 17.3 Å². The van der Waals surface area contributed by atoms with Crippen LogP contribution in [0.4, 0.5) is 0 Å². The van der Waals surface area contributed by atoms with Crippen molar-refractivity contribution in [3.63, 3.8) is 0 Å². The highest BCUT2D eigenvalue weighted by molar-refractivity contribution is 6.30. The topological polar surface area (TPSA) is 52.8 Å². The molecule has 0 unspecified atom stereocenters. The lowest BCUT2D eigenvalue weighted by Gasteiger charge is -2.09. The van der Waals surface area contributed by atoms with Crippen LogP contribution in [-0.2, 0) is 0 Å². The average Bonchev–Trinajstić information content (AvgIpc) is 2.37. The standard InChI is InChI=1S/C14H12ClNO2/c1-9-3-2-4-12(14(9)17)13(16-18)10-5-7-11(15)8-6-10/h2-8,17-18H,1H3/b16-13+. The van der Waals surface area contributed by atoms with Crippen LogP contribution in [0.3, 0.4) is 0 Å². The zero-order valence-corrected chi connectivity index (χ0v) is 10.5. The summed E-state index contributed by atoms with van der Waals surface area (Å²) in [6, 6.07) is 12.2. The minimum absolute atomic E-state index is 0.111. The molecule has 2 aromatic rings. The molecule has 0 aliphatic heterocycles. The summed E-state index contributed by atoms with van der Waals surface area (Å²) < 4.78 is 0. The maximum absolute atomic E-state index is 10.00. The molecule has 4 heteroatoms. The molecule has 0 radical (unpaired) electrons. The molecule has 0 saturated heterocycles. The number of aryl methyl sites for hydroxylation is 1. The molecule has 0 bridgehead atoms. The van der Waals surface area contributed by atoms with Crippen molar-refractivity contribution in [3.05, 3.63) is 64.2 Å². The fraction of sp³-hybridized carbons (Fsp3) is 0.0714. The van der Waals surface area contributed by atoms with Crippen molar-refractivity contribution in [1.29, 1.82) is 0 Å². The number of hydrogen-bond acceptors (Lipinski definition) is 3. The van der Waals surface area contributed by atoms with Crippen molar-refractivity contribution in [1.82, 2.24) is 0 Å². The van der Waals surface area contributed by atoms with Gasteiger partial charge in [0, 0.05) is 16.1 Å². The fourth-order valence-electron chi connectivity index (χ4n) is 1.72. The van der Waals surface area contributed by atoms with Crippen LogP contribution in [0.25, 0.3) is 0 Å². The first-order valence-electron chi connectivity index (χ1n) is 5.40. The first-order valence-corrected chi connectivity index (χ1v) is 5.78. The summed E-state index contributed by atoms with van der Waals surface area (Å²) in [6.45, 7) is 1.79. The maximum Gasteiger partial charge on any atom is 0.128 e. The summed E-state index contributed by atoms with van der Waals surface area (Å²) in [5.41, 5.74) is 2.21. The van der Waals surface area contributed by atoms with E-state index in [0.29, 0.717) is 21.9 Å². The van der Waals surface area contributed by atoms with E-state index in [1.54, 1.807) is 49.4 Å². The monoisotopic (exact) mass is 261 g/mol. The predicted octanol–water partition coefficient (Wildman–Crippen LogP) is 3.58. The Labute approximate surface area is 110 Å². The lowest BCUT2D eigenvalue weighted by Crippen LogP contribution is -2.04. The predicted molar refractivity (Wildman–Crippen MR) is 71.7 cm³/mol. The Morgan fingerprint density at radius 3 is 2.39 bits per heavy atom. The van der Waals surface area contributed by atoms with Crippen molar-refractivity contribution in [2.45, 2.75) is 6.92 Å². The summed E-state index contributed by atoms with van der Waals surface area (Å²) >= 11 is 5.81. The van der Waals surface area contributed by atoms with Crippen LogP contribution in [0.15, 0.2) is 47.6 Å². The van der Waals surface area contributed by atoms with Crippen LogP contribution in [0, 0.1) is 6.92 Å². The van der Waals surface area contributed by atoms with E-state index in [0.717, 1.165) is 5.56 Å². The third-order valence-electron chi connectivity index (χ3n) is 2.71. The number of para-hydroxylation sites is 1. The molecule has 0 aliphatic carbocycles. The third kappa shape index (κ3) is 2.31. The normalized spacial score (nSPS) is 11.6. The van der Waals surface area contributed by atoms with Gasteiger partial charge >= 0.3 is 0 Å². The molecular formula is C14H12ClNO2. The molecule has 0 atom stereocenters. The average molecular weight is 262 g/mol. The Hall–Kier alpha value is -2.00. The second-order valence-corrected chi connectivity index (χ2v) is 4.36. The van der Waals surface area contributed by atoms with Gasteiger partial charge in [0.1, 0.15) is 11.5 Å². The first-order chi connectivity index (χ1) is 8.63. The van der Waals surface area contributed by atoms with Crippen molar-refractivity contribution in [3.8, 4) is 5.75 Å². The zero-order chi connectivity index (χ0) is 13.1. The van der Waals surface area contributed by atoms with Crippen LogP contribution < -0.4 is 0 Å². The SMILES string of the molecule is Cc1cccc(/C(=N/O)c2ccc(Cl)cc2)c1O. The Bertz CT molecular complexity index is 591. The van der Waals surface area contributed by atoms with E-state index in [1.165, 1.54) is 0 Å². The molecule has 0 heterocycles. The molecule has 0 saturated carbocycles. The summed E-state index contributed by atoms with van der Waals surface area (Å²) in [5.74, 6) is 0.111. The highest BCUT2D eigenvalue weighted by atomic mass is 35.5. The second kappa shape index (κ2) is 5.10. The molecule has 0 amide bonds. The van der Waals surface area contributed by atoms with Crippen LogP contribution in [-0.4, -0.2) is 16.0 Å². The van der Waals surface area contributed by atoms with Gasteiger partial charge in [-0.3, -0.25) is 0 Å². The lowest BCUT2D eigenvalue weighted by molar-refractivity contribution is 0.319. The van der Waals surface area contributed by atoms with Gasteiger partial charge in [0.25, 0.3) is 0 Å². The molecular weight excluding hydrogens is 250 g/mol. The quantitative estimate of drug-likeness (QED) is 0.493. The number of halogens is 1. The fourth-order valence-corrected chi connectivity index (χ4v) is 1.85. The highest BCUT2D eigenvalue weighted by Crippen LogP contribution is 2.25. The Kier molecular flexibility index (Phi) is 3.53. The van der Waals surface area contributed by atoms with Crippen molar-refractivity contribution < 1.29 is 10.3 Å². The van der Waals surface area contributed by atoms with Crippen molar-refractivity contribution in [2.75, 3.05) is 0 Å². The molecule has 92 valence electrons. The second-order valence-electron chi connectivity index (χ2n) is 3.93. The van der Waals surface area contributed by atoms with E-state index in [4.69, 9.17) is 16.8 Å². The number of benzene rings is 2. The van der Waals surface area contributed by atoms with E-state index in [2.05, 4.69) is 5.16 Å². The number of nitrogens with zero attached hydrogens (tertiary/aromatic N) is 1. The number of rotatable bonds is 2. The van der Waals surface area contributed by atoms with Gasteiger partial charge < -0.3 is 10.3 Å². The third-order valence-corrected chi connectivity index (χ3v) is 2.96. The number of hydrogen-bond donors (Lipinski definition) is 2. The summed E-state index contributed by atoms with van der Waals surface area (Å²) in [5, 5.41) is 23.0. The lowest BCUT2D eigenvalue weighted by atomic mass is 9.99. The van der Waals surface area contributed by atoms with Gasteiger partial charge in [-0.2, -0.15) is 0 Å². The van der Waals surface area contributed by atoms with Crippen LogP contribution >= 0.6 is 11.6 Å². The van der Waals surface area contributed by atoms with Crippen LogP contribution in [0.1, 0.15) is 16.7 Å². The van der Waals surface area contributed by atoms with Crippen LogP contribution in [0.5, 0.6) is 5.75 Å². The van der Waals surface area contributed by atoms with Gasteiger partial charge in [-0.1, -0.05) is 41.0 Å². The molecule has 0 aromatic heterocycles. The Balaban J connectivity index is 2.53. The molecule has 0 fully saturated rings. The van der Waals surface area contributed by atoms with E-state index in [9.17, 15) is 5.11 Å². The summed E-state index contributed by atoms with van der Waals surface area (Å²) in [4.78, 5) is 0. The van der Waals surface area contributed by atoms with Crippen molar-refractivity contribution in [2.24, 2.45) is 5.16 Å². The van der Waals surface area contributed by atoms with Gasteiger partial charge in [-0.15, -0.1) is 0 Å². The largest absolute Gasteiger partial charge is 0.507 e. The van der Waals surface area contributed by atoms with E-state index in [-0.39, 0.29) is 5.75 Å². The molecule has 0 aliphatic rings. The van der Waals surface area contributed by atoms with E-state index in [1.807, 2.05) is 0 Å². The number of phenolic OH excluding ortho intramolecular Hbond substituents is 1. The number of aromatic hydroxyl groups is 1. The van der Waals surface area contributed by atoms with E-state index < -0.39 is 0 Å². The van der Waals surface area contributed by atoms with Gasteiger partial charge in [-0.05, 0) is 30.7 Å². The highest BCUT2D eigenvalue weighted by Gasteiger charge is 2.13. The minimum Gasteiger partial charge on any atom is -0.507 e. The minimum atomic E-state index is 0.111.